The minimum atomic E-state index is -0.712. The lowest BCUT2D eigenvalue weighted by Crippen LogP contribution is -2.50. The third-order valence-electron chi connectivity index (χ3n) is 4.85. The van der Waals surface area contributed by atoms with Crippen LogP contribution in [0.3, 0.4) is 0 Å². The van der Waals surface area contributed by atoms with E-state index in [2.05, 4.69) is 5.32 Å². The summed E-state index contributed by atoms with van der Waals surface area (Å²) in [6.45, 7) is 4.17. The predicted octanol–water partition coefficient (Wildman–Crippen LogP) is 6.40. The molecule has 0 aliphatic carbocycles. The van der Waals surface area contributed by atoms with E-state index in [4.69, 9.17) is 51.1 Å². The van der Waals surface area contributed by atoms with E-state index >= 15 is 0 Å². The van der Waals surface area contributed by atoms with Gasteiger partial charge in [0.05, 0.1) is 5.02 Å². The van der Waals surface area contributed by atoms with Crippen molar-refractivity contribution < 1.29 is 14.3 Å². The van der Waals surface area contributed by atoms with Crippen molar-refractivity contribution in [3.63, 3.8) is 0 Å². The van der Waals surface area contributed by atoms with E-state index in [1.807, 2.05) is 13.8 Å². The van der Waals surface area contributed by atoms with Crippen molar-refractivity contribution in [2.45, 2.75) is 45.7 Å². The molecule has 0 saturated heterocycles. The number of carbonyl (C=O) groups is 2. The smallest absolute Gasteiger partial charge is 0.261 e. The van der Waals surface area contributed by atoms with Crippen molar-refractivity contribution in [2.75, 3.05) is 13.2 Å². The molecule has 9 heteroatoms. The number of nitrogens with one attached hydrogen (secondary N) is 1. The molecular formula is C23H26Cl4N2O3. The van der Waals surface area contributed by atoms with Gasteiger partial charge in [-0.1, -0.05) is 72.7 Å². The largest absolute Gasteiger partial charge is 0.482 e. The first-order chi connectivity index (χ1) is 15.3. The number of rotatable bonds is 11. The summed E-state index contributed by atoms with van der Waals surface area (Å²) in [6.07, 6.45) is 2.21. The van der Waals surface area contributed by atoms with Gasteiger partial charge in [0.25, 0.3) is 5.91 Å². The molecule has 0 aliphatic heterocycles. The molecule has 1 N–H and O–H groups in total. The summed E-state index contributed by atoms with van der Waals surface area (Å²) in [4.78, 5) is 27.5. The Morgan fingerprint density at radius 3 is 2.31 bits per heavy atom. The number of nitrogens with zero attached hydrogens (tertiary/aromatic N) is 1. The molecule has 2 amide bonds. The topological polar surface area (TPSA) is 58.6 Å². The average Bonchev–Trinajstić information content (AvgIpc) is 2.75. The van der Waals surface area contributed by atoms with Crippen LogP contribution in [-0.2, 0) is 16.1 Å². The van der Waals surface area contributed by atoms with Gasteiger partial charge in [-0.2, -0.15) is 0 Å². The van der Waals surface area contributed by atoms with Gasteiger partial charge < -0.3 is 15.0 Å². The van der Waals surface area contributed by atoms with Crippen LogP contribution < -0.4 is 10.1 Å². The van der Waals surface area contributed by atoms with Gasteiger partial charge in [0.15, 0.2) is 6.61 Å². The van der Waals surface area contributed by atoms with Crippen LogP contribution in [0.2, 0.25) is 20.1 Å². The van der Waals surface area contributed by atoms with Gasteiger partial charge in [-0.05, 0) is 43.2 Å². The van der Waals surface area contributed by atoms with Crippen LogP contribution in [0.15, 0.2) is 36.4 Å². The summed E-state index contributed by atoms with van der Waals surface area (Å²) in [6, 6.07) is 9.12. The quantitative estimate of drug-likeness (QED) is 0.349. The zero-order valence-corrected chi connectivity index (χ0v) is 21.0. The van der Waals surface area contributed by atoms with E-state index in [-0.39, 0.29) is 24.1 Å². The third-order valence-corrected chi connectivity index (χ3v) is 6.09. The molecule has 0 spiro atoms. The Kier molecular flexibility index (Phi) is 10.9. The first kappa shape index (κ1) is 26.6. The number of carbonyl (C=O) groups excluding carboxylic acids is 2. The van der Waals surface area contributed by atoms with Gasteiger partial charge in [-0.3, -0.25) is 9.59 Å². The van der Waals surface area contributed by atoms with Crippen LogP contribution in [0.4, 0.5) is 0 Å². The highest BCUT2D eigenvalue weighted by Crippen LogP contribution is 2.29. The van der Waals surface area contributed by atoms with E-state index in [1.54, 1.807) is 30.3 Å². The van der Waals surface area contributed by atoms with Crippen molar-refractivity contribution in [3.05, 3.63) is 62.1 Å². The molecule has 0 radical (unpaired) electrons. The van der Waals surface area contributed by atoms with Crippen LogP contribution in [-0.4, -0.2) is 35.9 Å². The third kappa shape index (κ3) is 7.45. The Hall–Kier alpha value is -1.66. The minimum Gasteiger partial charge on any atom is -0.482 e. The predicted molar refractivity (Wildman–Crippen MR) is 131 cm³/mol. The van der Waals surface area contributed by atoms with Crippen molar-refractivity contribution >= 4 is 58.2 Å². The number of ether oxygens (including phenoxy) is 1. The lowest BCUT2D eigenvalue weighted by atomic mass is 10.1. The summed E-state index contributed by atoms with van der Waals surface area (Å²) >= 11 is 24.7. The summed E-state index contributed by atoms with van der Waals surface area (Å²) in [7, 11) is 0. The normalized spacial score (nSPS) is 11.7. The van der Waals surface area contributed by atoms with Crippen LogP contribution in [0.25, 0.3) is 0 Å². The van der Waals surface area contributed by atoms with Gasteiger partial charge in [0, 0.05) is 33.7 Å². The van der Waals surface area contributed by atoms with Crippen molar-refractivity contribution in [2.24, 2.45) is 0 Å². The molecule has 0 bridgehead atoms. The van der Waals surface area contributed by atoms with E-state index in [1.165, 1.54) is 11.0 Å². The van der Waals surface area contributed by atoms with E-state index < -0.39 is 11.9 Å². The number of amides is 2. The van der Waals surface area contributed by atoms with Gasteiger partial charge in [0.2, 0.25) is 5.91 Å². The molecule has 5 nitrogen and oxygen atoms in total. The molecule has 0 saturated carbocycles. The fourth-order valence-electron chi connectivity index (χ4n) is 3.09. The van der Waals surface area contributed by atoms with Gasteiger partial charge in [-0.15, -0.1) is 0 Å². The monoisotopic (exact) mass is 518 g/mol. The second-order valence-corrected chi connectivity index (χ2v) is 8.81. The number of hydrogen-bond acceptors (Lipinski definition) is 3. The fraction of sp³-hybridized carbons (Fsp3) is 0.391. The first-order valence-corrected chi connectivity index (χ1v) is 11.9. The molecule has 2 aromatic rings. The molecular weight excluding hydrogens is 494 g/mol. The Bertz CT molecular complexity index is 919. The van der Waals surface area contributed by atoms with Crippen LogP contribution in [0.5, 0.6) is 5.75 Å². The van der Waals surface area contributed by atoms with E-state index in [0.29, 0.717) is 39.3 Å². The van der Waals surface area contributed by atoms with Crippen LogP contribution in [0.1, 0.15) is 38.7 Å². The zero-order valence-electron chi connectivity index (χ0n) is 18.0. The molecule has 0 aliphatic rings. The van der Waals surface area contributed by atoms with Crippen molar-refractivity contribution in [1.82, 2.24) is 10.2 Å². The Morgan fingerprint density at radius 2 is 1.72 bits per heavy atom. The van der Waals surface area contributed by atoms with E-state index in [9.17, 15) is 9.59 Å². The summed E-state index contributed by atoms with van der Waals surface area (Å²) in [5.74, 6) is -0.313. The zero-order chi connectivity index (χ0) is 23.7. The second-order valence-electron chi connectivity index (χ2n) is 7.15. The molecule has 0 fully saturated rings. The fourth-order valence-corrected chi connectivity index (χ4v) is 4.07. The Labute approximate surface area is 208 Å². The van der Waals surface area contributed by atoms with E-state index in [0.717, 1.165) is 12.8 Å². The molecule has 0 aromatic heterocycles. The van der Waals surface area contributed by atoms with Gasteiger partial charge >= 0.3 is 0 Å². The maximum Gasteiger partial charge on any atom is 0.261 e. The van der Waals surface area contributed by atoms with Gasteiger partial charge in [0.1, 0.15) is 11.8 Å². The molecule has 1 atom stereocenters. The Morgan fingerprint density at radius 1 is 1.03 bits per heavy atom. The van der Waals surface area contributed by atoms with Gasteiger partial charge in [-0.25, -0.2) is 0 Å². The molecule has 0 heterocycles. The maximum absolute atomic E-state index is 13.2. The molecule has 174 valence electrons. The maximum atomic E-state index is 13.2. The summed E-state index contributed by atoms with van der Waals surface area (Å²) in [5.41, 5.74) is 0.563. The standard InChI is InChI=1S/C23H26Cl4N2O3/c1-3-5-11-28-23(31)20(4-2)29(13-16-17(25)7-6-8-18(16)26)22(30)14-32-21-10-9-15(24)12-19(21)27/h6-10,12,20H,3-5,11,13-14H2,1-2H3,(H,28,31)/t20-/m0/s1. The highest BCUT2D eigenvalue weighted by molar-refractivity contribution is 6.36. The Balaban J connectivity index is 2.26. The summed E-state index contributed by atoms with van der Waals surface area (Å²) < 4.78 is 5.63. The molecule has 2 rings (SSSR count). The highest BCUT2D eigenvalue weighted by atomic mass is 35.5. The second kappa shape index (κ2) is 13.1. The lowest BCUT2D eigenvalue weighted by Gasteiger charge is -2.31. The number of benzene rings is 2. The number of halogens is 4. The van der Waals surface area contributed by atoms with Crippen LogP contribution in [0, 0.1) is 0 Å². The lowest BCUT2D eigenvalue weighted by molar-refractivity contribution is -0.143. The first-order valence-electron chi connectivity index (χ1n) is 10.4. The average molecular weight is 520 g/mol. The SMILES string of the molecule is CCCCNC(=O)[C@H](CC)N(Cc1c(Cl)cccc1Cl)C(=O)COc1ccc(Cl)cc1Cl. The number of unbranched alkanes of at least 4 members (excludes halogenated alkanes) is 1. The highest BCUT2D eigenvalue weighted by Gasteiger charge is 2.30. The minimum absolute atomic E-state index is 0.0642. The van der Waals surface area contributed by atoms with Crippen molar-refractivity contribution in [1.29, 1.82) is 0 Å². The van der Waals surface area contributed by atoms with Crippen molar-refractivity contribution in [3.8, 4) is 5.75 Å². The molecule has 32 heavy (non-hydrogen) atoms. The molecule has 2 aromatic carbocycles. The summed E-state index contributed by atoms with van der Waals surface area (Å²) in [5, 5.41) is 4.47. The molecule has 0 unspecified atom stereocenters. The number of hydrogen-bond donors (Lipinski definition) is 1. The van der Waals surface area contributed by atoms with Crippen LogP contribution >= 0.6 is 46.4 Å².